The van der Waals surface area contributed by atoms with E-state index in [1.54, 1.807) is 0 Å². The van der Waals surface area contributed by atoms with Crippen molar-refractivity contribution >= 4 is 16.9 Å². The zero-order chi connectivity index (χ0) is 23.3. The molecule has 0 bridgehead atoms. The Morgan fingerprint density at radius 1 is 1.12 bits per heavy atom. The van der Waals surface area contributed by atoms with E-state index in [9.17, 15) is 4.79 Å². The highest BCUT2D eigenvalue weighted by molar-refractivity contribution is 5.88. The molecule has 1 fully saturated rings. The summed E-state index contributed by atoms with van der Waals surface area (Å²) in [5.74, 6) is 0.832. The first-order valence-electron chi connectivity index (χ1n) is 11.6. The Balaban J connectivity index is 1.66. The molecule has 174 valence electrons. The van der Waals surface area contributed by atoms with Crippen LogP contribution in [0, 0.1) is 0 Å². The first-order chi connectivity index (χ1) is 15.1. The summed E-state index contributed by atoms with van der Waals surface area (Å²) in [6, 6.07) is 14.9. The summed E-state index contributed by atoms with van der Waals surface area (Å²) in [7, 11) is 0. The molecule has 0 aliphatic carbocycles. The van der Waals surface area contributed by atoms with Crippen LogP contribution >= 0.6 is 0 Å². The van der Waals surface area contributed by atoms with Crippen molar-refractivity contribution in [2.45, 2.75) is 65.1 Å². The third-order valence-electron chi connectivity index (χ3n) is 5.87. The van der Waals surface area contributed by atoms with Crippen LogP contribution in [0.4, 0.5) is 4.79 Å². The molecule has 5 heteroatoms. The van der Waals surface area contributed by atoms with E-state index in [1.807, 2.05) is 49.9 Å². The number of nitrogens with zero attached hydrogens (tertiary/aromatic N) is 2. The van der Waals surface area contributed by atoms with E-state index in [1.165, 1.54) is 0 Å². The number of piperidine rings is 1. The molecule has 32 heavy (non-hydrogen) atoms. The monoisotopic (exact) mass is 438 g/mol. The number of carbonyl (C=O) groups is 1. The van der Waals surface area contributed by atoms with Crippen molar-refractivity contribution in [1.82, 2.24) is 9.80 Å². The Morgan fingerprint density at radius 3 is 2.44 bits per heavy atom. The normalized spacial score (nSPS) is 15.7. The van der Waals surface area contributed by atoms with Crippen LogP contribution in [0.3, 0.4) is 0 Å². The molecule has 0 aromatic heterocycles. The highest BCUT2D eigenvalue weighted by Crippen LogP contribution is 2.26. The summed E-state index contributed by atoms with van der Waals surface area (Å²) < 4.78 is 11.9. The maximum Gasteiger partial charge on any atom is 0.410 e. The van der Waals surface area contributed by atoms with Gasteiger partial charge < -0.3 is 19.3 Å². The number of carbonyl (C=O) groups excluding carboxylic acids is 1. The van der Waals surface area contributed by atoms with Crippen molar-refractivity contribution in [3.63, 3.8) is 0 Å². The van der Waals surface area contributed by atoms with Gasteiger partial charge in [-0.05, 0) is 64.5 Å². The average molecular weight is 439 g/mol. The predicted molar refractivity (Wildman–Crippen MR) is 131 cm³/mol. The molecule has 5 nitrogen and oxygen atoms in total. The van der Waals surface area contributed by atoms with E-state index in [4.69, 9.17) is 9.47 Å². The van der Waals surface area contributed by atoms with Gasteiger partial charge in [-0.1, -0.05) is 43.0 Å². The highest BCUT2D eigenvalue weighted by Gasteiger charge is 2.32. The quantitative estimate of drug-likeness (QED) is 0.506. The van der Waals surface area contributed by atoms with Crippen molar-refractivity contribution in [1.29, 1.82) is 0 Å². The van der Waals surface area contributed by atoms with Crippen LogP contribution in [-0.2, 0) is 4.74 Å². The van der Waals surface area contributed by atoms with Crippen molar-refractivity contribution in [2.75, 3.05) is 26.2 Å². The van der Waals surface area contributed by atoms with Gasteiger partial charge in [-0.15, -0.1) is 0 Å². The van der Waals surface area contributed by atoms with Crippen LogP contribution < -0.4 is 4.74 Å². The Morgan fingerprint density at radius 2 is 1.78 bits per heavy atom. The van der Waals surface area contributed by atoms with Gasteiger partial charge in [-0.3, -0.25) is 0 Å². The third kappa shape index (κ3) is 6.49. The van der Waals surface area contributed by atoms with E-state index in [0.29, 0.717) is 19.2 Å². The van der Waals surface area contributed by atoms with Crippen LogP contribution in [0.5, 0.6) is 5.75 Å². The zero-order valence-corrected chi connectivity index (χ0v) is 20.3. The zero-order valence-electron chi connectivity index (χ0n) is 20.3. The number of likely N-dealkylation sites (tertiary alicyclic amines) is 1. The van der Waals surface area contributed by atoms with E-state index < -0.39 is 5.60 Å². The van der Waals surface area contributed by atoms with E-state index >= 15 is 0 Å². The second-order valence-corrected chi connectivity index (χ2v) is 9.99. The Kier molecular flexibility index (Phi) is 7.83. The molecule has 3 rings (SSSR count). The molecule has 0 radical (unpaired) electrons. The number of ether oxygens (including phenoxy) is 2. The van der Waals surface area contributed by atoms with Gasteiger partial charge in [-0.2, -0.15) is 0 Å². The van der Waals surface area contributed by atoms with Gasteiger partial charge in [0.15, 0.2) is 0 Å². The molecule has 1 aliphatic heterocycles. The number of benzene rings is 2. The number of rotatable bonds is 7. The Hall–Kier alpha value is -2.53. The molecule has 1 saturated heterocycles. The largest absolute Gasteiger partial charge is 0.489 e. The number of amides is 1. The minimum atomic E-state index is -0.533. The third-order valence-corrected chi connectivity index (χ3v) is 5.87. The molecule has 0 atom stereocenters. The number of hydrogen-bond acceptors (Lipinski definition) is 4. The summed E-state index contributed by atoms with van der Waals surface area (Å²) in [5.41, 5.74) is 0.324. The average Bonchev–Trinajstić information content (AvgIpc) is 2.74. The first-order valence-corrected chi connectivity index (χ1v) is 11.6. The minimum absolute atomic E-state index is 0.147. The van der Waals surface area contributed by atoms with Crippen LogP contribution in [0.2, 0.25) is 0 Å². The smallest absolute Gasteiger partial charge is 0.410 e. The molecule has 1 aliphatic rings. The van der Waals surface area contributed by atoms with Gasteiger partial charge in [0, 0.05) is 37.1 Å². The van der Waals surface area contributed by atoms with Crippen molar-refractivity contribution in [2.24, 2.45) is 0 Å². The van der Waals surface area contributed by atoms with Gasteiger partial charge in [0.2, 0.25) is 0 Å². The lowest BCUT2D eigenvalue weighted by Crippen LogP contribution is -2.50. The van der Waals surface area contributed by atoms with Gasteiger partial charge >= 0.3 is 6.09 Å². The molecule has 1 heterocycles. The van der Waals surface area contributed by atoms with Crippen molar-refractivity contribution < 1.29 is 14.3 Å². The summed E-state index contributed by atoms with van der Waals surface area (Å²) in [5, 5.41) is 2.22. The van der Waals surface area contributed by atoms with Crippen molar-refractivity contribution in [3.05, 3.63) is 54.6 Å². The fourth-order valence-corrected chi connectivity index (χ4v) is 4.17. The molecule has 0 unspecified atom stereocenters. The van der Waals surface area contributed by atoms with Crippen LogP contribution in [-0.4, -0.2) is 59.8 Å². The second-order valence-electron chi connectivity index (χ2n) is 9.99. The predicted octanol–water partition coefficient (Wildman–Crippen LogP) is 5.88. The van der Waals surface area contributed by atoms with Crippen LogP contribution in [0.25, 0.3) is 10.8 Å². The molecule has 2 aromatic carbocycles. The minimum Gasteiger partial charge on any atom is -0.489 e. The molecule has 1 amide bonds. The topological polar surface area (TPSA) is 42.0 Å². The summed E-state index contributed by atoms with van der Waals surface area (Å²) in [6.45, 7) is 17.1. The summed E-state index contributed by atoms with van der Waals surface area (Å²) in [4.78, 5) is 17.4. The molecule has 0 spiro atoms. The lowest BCUT2D eigenvalue weighted by molar-refractivity contribution is 0.00880. The maximum atomic E-state index is 13.1. The van der Waals surface area contributed by atoms with Gasteiger partial charge in [0.1, 0.15) is 18.0 Å². The molecule has 0 N–H and O–H groups in total. The van der Waals surface area contributed by atoms with Crippen LogP contribution in [0.1, 0.15) is 47.5 Å². The van der Waals surface area contributed by atoms with Gasteiger partial charge in [0.05, 0.1) is 0 Å². The fraction of sp³-hybridized carbons (Fsp3) is 0.519. The molecule has 0 saturated carbocycles. The van der Waals surface area contributed by atoms with Gasteiger partial charge in [0.25, 0.3) is 0 Å². The fourth-order valence-electron chi connectivity index (χ4n) is 4.17. The molecular formula is C27H38N2O3. The number of fused-ring (bicyclic) bond motifs is 1. The lowest BCUT2D eigenvalue weighted by Gasteiger charge is -2.40. The Labute approximate surface area is 193 Å². The summed E-state index contributed by atoms with van der Waals surface area (Å²) >= 11 is 0. The van der Waals surface area contributed by atoms with E-state index in [-0.39, 0.29) is 12.1 Å². The second kappa shape index (κ2) is 10.4. The lowest BCUT2D eigenvalue weighted by atomic mass is 10.0. The standard InChI is InChI=1S/C27H38N2O3/c1-20(2)28-16-14-23(15-17-28)29(26(30)32-27(4,5)6)18-21(3)19-31-25-13-9-11-22-10-7-8-12-24(22)25/h7-13,20,23H,3,14-19H2,1-2,4-6H3. The molecular weight excluding hydrogens is 400 g/mol. The van der Waals surface area contributed by atoms with Crippen LogP contribution in [0.15, 0.2) is 54.6 Å². The van der Waals surface area contributed by atoms with E-state index in [2.05, 4.69) is 43.5 Å². The SMILES string of the molecule is C=C(COc1cccc2ccccc12)CN(C(=O)OC(C)(C)C)C1CCN(C(C)C)CC1. The maximum absolute atomic E-state index is 13.1. The highest BCUT2D eigenvalue weighted by atomic mass is 16.6. The van der Waals surface area contributed by atoms with Crippen molar-refractivity contribution in [3.8, 4) is 5.75 Å². The summed E-state index contributed by atoms with van der Waals surface area (Å²) in [6.07, 6.45) is 1.61. The van der Waals surface area contributed by atoms with Gasteiger partial charge in [-0.25, -0.2) is 4.79 Å². The Bertz CT molecular complexity index is 919. The van der Waals surface area contributed by atoms with E-state index in [0.717, 1.165) is 48.0 Å². The first kappa shape index (κ1) is 24.1. The molecule has 2 aromatic rings. The number of hydrogen-bond donors (Lipinski definition) is 0.